The quantitative estimate of drug-likeness (QED) is 0.510. The van der Waals surface area contributed by atoms with Crippen LogP contribution in [-0.2, 0) is 9.53 Å². The van der Waals surface area contributed by atoms with Crippen LogP contribution in [0.5, 0.6) is 11.5 Å². The van der Waals surface area contributed by atoms with Crippen LogP contribution in [0, 0.1) is 6.92 Å². The number of aryl methyl sites for hydroxylation is 1. The number of hydrogen-bond donors (Lipinski definition) is 1. The lowest BCUT2D eigenvalue weighted by atomic mass is 10.1. The van der Waals surface area contributed by atoms with Gasteiger partial charge in [0.05, 0.1) is 12.3 Å². The van der Waals surface area contributed by atoms with Crippen molar-refractivity contribution >= 4 is 17.4 Å². The molecule has 0 saturated carbocycles. The van der Waals surface area contributed by atoms with Crippen LogP contribution >= 0.6 is 0 Å². The molecule has 0 aromatic heterocycles. The minimum Gasteiger partial charge on any atom is -0.489 e. The van der Waals surface area contributed by atoms with E-state index in [1.807, 2.05) is 26.0 Å². The number of ketones is 1. The molecular formula is C21H25NO5. The third-order valence-corrected chi connectivity index (χ3v) is 3.82. The highest BCUT2D eigenvalue weighted by Crippen LogP contribution is 2.25. The van der Waals surface area contributed by atoms with Crippen molar-refractivity contribution in [2.75, 3.05) is 32.2 Å². The Hall–Kier alpha value is -2.86. The average molecular weight is 371 g/mol. The number of anilines is 1. The highest BCUT2D eigenvalue weighted by Gasteiger charge is 2.10. The first-order chi connectivity index (χ1) is 13.0. The molecule has 6 heteroatoms. The van der Waals surface area contributed by atoms with Gasteiger partial charge in [0.25, 0.3) is 5.91 Å². The van der Waals surface area contributed by atoms with Crippen LogP contribution in [0.3, 0.4) is 0 Å². The van der Waals surface area contributed by atoms with Crippen molar-refractivity contribution in [3.63, 3.8) is 0 Å². The standard InChI is InChI=1S/C21H25NO5/c1-4-19(23)16-6-8-17(9-7-16)27-14-21(24)22-18-10-5-15(2)13-20(18)26-12-11-25-3/h5-10,13H,4,11-12,14H2,1-3H3,(H,22,24). The van der Waals surface area contributed by atoms with E-state index in [2.05, 4.69) is 5.32 Å². The average Bonchev–Trinajstić information content (AvgIpc) is 2.68. The molecule has 0 aliphatic carbocycles. The molecule has 2 aromatic carbocycles. The topological polar surface area (TPSA) is 73.9 Å². The minimum absolute atomic E-state index is 0.0691. The fourth-order valence-corrected chi connectivity index (χ4v) is 2.36. The zero-order chi connectivity index (χ0) is 19.6. The number of methoxy groups -OCH3 is 1. The van der Waals surface area contributed by atoms with Gasteiger partial charge in [-0.25, -0.2) is 0 Å². The smallest absolute Gasteiger partial charge is 0.262 e. The van der Waals surface area contributed by atoms with Crippen LogP contribution in [0.1, 0.15) is 29.3 Å². The summed E-state index contributed by atoms with van der Waals surface area (Å²) in [4.78, 5) is 23.8. The first-order valence-electron chi connectivity index (χ1n) is 8.81. The second-order valence-corrected chi connectivity index (χ2v) is 5.98. The highest BCUT2D eigenvalue weighted by atomic mass is 16.5. The molecule has 144 valence electrons. The van der Waals surface area contributed by atoms with E-state index < -0.39 is 0 Å². The van der Waals surface area contributed by atoms with E-state index in [0.29, 0.717) is 42.4 Å². The highest BCUT2D eigenvalue weighted by molar-refractivity contribution is 5.96. The van der Waals surface area contributed by atoms with Gasteiger partial charge in [-0.1, -0.05) is 13.0 Å². The van der Waals surface area contributed by atoms with Gasteiger partial charge in [-0.05, 0) is 48.9 Å². The molecule has 0 unspecified atom stereocenters. The van der Waals surface area contributed by atoms with Crippen LogP contribution in [0.2, 0.25) is 0 Å². The Morgan fingerprint density at radius 1 is 1.00 bits per heavy atom. The van der Waals surface area contributed by atoms with Gasteiger partial charge < -0.3 is 19.5 Å². The van der Waals surface area contributed by atoms with Crippen molar-refractivity contribution < 1.29 is 23.8 Å². The van der Waals surface area contributed by atoms with Gasteiger partial charge in [0.2, 0.25) is 0 Å². The zero-order valence-corrected chi connectivity index (χ0v) is 15.9. The maximum absolute atomic E-state index is 12.2. The Kier molecular flexibility index (Phi) is 7.82. The Morgan fingerprint density at radius 2 is 1.74 bits per heavy atom. The molecule has 2 rings (SSSR count). The number of rotatable bonds is 10. The van der Waals surface area contributed by atoms with Gasteiger partial charge in [-0.3, -0.25) is 9.59 Å². The van der Waals surface area contributed by atoms with Gasteiger partial charge in [-0.15, -0.1) is 0 Å². The van der Waals surface area contributed by atoms with Gasteiger partial charge in [0, 0.05) is 19.1 Å². The lowest BCUT2D eigenvalue weighted by molar-refractivity contribution is -0.118. The maximum Gasteiger partial charge on any atom is 0.262 e. The van der Waals surface area contributed by atoms with Crippen LogP contribution in [0.15, 0.2) is 42.5 Å². The van der Waals surface area contributed by atoms with Gasteiger partial charge in [0.15, 0.2) is 12.4 Å². The molecule has 1 N–H and O–H groups in total. The minimum atomic E-state index is -0.302. The number of carbonyl (C=O) groups is 2. The van der Waals surface area contributed by atoms with Gasteiger partial charge >= 0.3 is 0 Å². The fourth-order valence-electron chi connectivity index (χ4n) is 2.36. The number of amides is 1. The number of ether oxygens (including phenoxy) is 3. The Bertz CT molecular complexity index is 771. The lowest BCUT2D eigenvalue weighted by Gasteiger charge is -2.13. The molecule has 1 amide bonds. The SMILES string of the molecule is CCC(=O)c1ccc(OCC(=O)Nc2ccc(C)cc2OCCOC)cc1. The predicted molar refractivity (Wildman–Crippen MR) is 104 cm³/mol. The molecule has 0 saturated heterocycles. The molecule has 2 aromatic rings. The summed E-state index contributed by atoms with van der Waals surface area (Å²) in [7, 11) is 1.60. The van der Waals surface area contributed by atoms with Gasteiger partial charge in [-0.2, -0.15) is 0 Å². The largest absolute Gasteiger partial charge is 0.489 e. The second kappa shape index (κ2) is 10.3. The molecule has 0 heterocycles. The number of Topliss-reactive ketones (excluding diaryl/α,β-unsaturated/α-hetero) is 1. The molecule has 0 fully saturated rings. The van der Waals surface area contributed by atoms with E-state index in [4.69, 9.17) is 14.2 Å². The summed E-state index contributed by atoms with van der Waals surface area (Å²) < 4.78 is 16.1. The summed E-state index contributed by atoms with van der Waals surface area (Å²) in [5.74, 6) is 0.880. The van der Waals surface area contributed by atoms with Crippen molar-refractivity contribution in [1.29, 1.82) is 0 Å². The van der Waals surface area contributed by atoms with Crippen molar-refractivity contribution in [3.8, 4) is 11.5 Å². The summed E-state index contributed by atoms with van der Waals surface area (Å²) in [6.45, 7) is 4.47. The van der Waals surface area contributed by atoms with Crippen molar-refractivity contribution in [2.24, 2.45) is 0 Å². The third kappa shape index (κ3) is 6.42. The van der Waals surface area contributed by atoms with Crippen molar-refractivity contribution in [3.05, 3.63) is 53.6 Å². The Morgan fingerprint density at radius 3 is 2.41 bits per heavy atom. The summed E-state index contributed by atoms with van der Waals surface area (Å²) >= 11 is 0. The van der Waals surface area contributed by atoms with Crippen molar-refractivity contribution in [2.45, 2.75) is 20.3 Å². The van der Waals surface area contributed by atoms with E-state index in [1.165, 1.54) is 0 Å². The predicted octanol–water partition coefficient (Wildman–Crippen LogP) is 3.63. The van der Waals surface area contributed by atoms with Crippen molar-refractivity contribution in [1.82, 2.24) is 0 Å². The van der Waals surface area contributed by atoms with Gasteiger partial charge in [0.1, 0.15) is 18.1 Å². The molecule has 6 nitrogen and oxygen atoms in total. The number of nitrogens with one attached hydrogen (secondary N) is 1. The third-order valence-electron chi connectivity index (χ3n) is 3.82. The summed E-state index contributed by atoms with van der Waals surface area (Å²) in [6, 6.07) is 12.3. The summed E-state index contributed by atoms with van der Waals surface area (Å²) in [5.41, 5.74) is 2.24. The lowest BCUT2D eigenvalue weighted by Crippen LogP contribution is -2.21. The number of benzene rings is 2. The molecular weight excluding hydrogens is 346 g/mol. The number of carbonyl (C=O) groups excluding carboxylic acids is 2. The summed E-state index contributed by atoms with van der Waals surface area (Å²) in [5, 5.41) is 2.79. The first-order valence-corrected chi connectivity index (χ1v) is 8.81. The molecule has 0 bridgehead atoms. The number of hydrogen-bond acceptors (Lipinski definition) is 5. The van der Waals surface area contributed by atoms with E-state index in [-0.39, 0.29) is 18.3 Å². The molecule has 0 spiro atoms. The monoisotopic (exact) mass is 371 g/mol. The van der Waals surface area contributed by atoms with Crippen LogP contribution in [0.4, 0.5) is 5.69 Å². The Balaban J connectivity index is 1.92. The molecule has 0 atom stereocenters. The van der Waals surface area contributed by atoms with Crippen LogP contribution < -0.4 is 14.8 Å². The van der Waals surface area contributed by atoms with E-state index in [9.17, 15) is 9.59 Å². The van der Waals surface area contributed by atoms with Crippen LogP contribution in [-0.4, -0.2) is 38.6 Å². The fraction of sp³-hybridized carbons (Fsp3) is 0.333. The van der Waals surface area contributed by atoms with E-state index >= 15 is 0 Å². The maximum atomic E-state index is 12.2. The normalized spacial score (nSPS) is 10.3. The molecule has 0 aliphatic rings. The molecule has 0 aliphatic heterocycles. The molecule has 0 radical (unpaired) electrons. The van der Waals surface area contributed by atoms with E-state index in [0.717, 1.165) is 5.56 Å². The van der Waals surface area contributed by atoms with E-state index in [1.54, 1.807) is 37.4 Å². The summed E-state index contributed by atoms with van der Waals surface area (Å²) in [6.07, 6.45) is 0.452. The zero-order valence-electron chi connectivity index (χ0n) is 15.9. The van der Waals surface area contributed by atoms with Crippen LogP contribution in [0.25, 0.3) is 0 Å². The Labute approximate surface area is 159 Å². The second-order valence-electron chi connectivity index (χ2n) is 5.98. The first kappa shape index (κ1) is 20.5. The molecule has 27 heavy (non-hydrogen) atoms.